The molecule has 1 amide bonds. The smallest absolute Gasteiger partial charge is 0.410 e. The standard InChI is InChI=1S/C19H25NO3S/c1-18(2,3)23-17(21)20-11-5-9-19(22,10-12-20)15-7-4-6-14-8-13-24-16(14)15/h4,6-8,13,22H,5,9-12H2,1-3H3. The van der Waals surface area contributed by atoms with Gasteiger partial charge in [-0.2, -0.15) is 0 Å². The lowest BCUT2D eigenvalue weighted by Gasteiger charge is -2.29. The molecule has 130 valence electrons. The van der Waals surface area contributed by atoms with E-state index < -0.39 is 11.2 Å². The van der Waals surface area contributed by atoms with E-state index in [0.29, 0.717) is 25.9 Å². The third-order valence-corrected chi connectivity index (χ3v) is 5.41. The molecule has 3 rings (SSSR count). The summed E-state index contributed by atoms with van der Waals surface area (Å²) >= 11 is 1.66. The number of carbonyl (C=O) groups is 1. The van der Waals surface area contributed by atoms with Crippen molar-refractivity contribution >= 4 is 27.5 Å². The van der Waals surface area contributed by atoms with Crippen molar-refractivity contribution in [1.82, 2.24) is 4.90 Å². The molecule has 2 aromatic rings. The molecule has 0 spiro atoms. The van der Waals surface area contributed by atoms with E-state index in [1.807, 2.05) is 32.9 Å². The van der Waals surface area contributed by atoms with Gasteiger partial charge in [0.1, 0.15) is 5.60 Å². The van der Waals surface area contributed by atoms with E-state index in [0.717, 1.165) is 16.7 Å². The Morgan fingerprint density at radius 2 is 2.04 bits per heavy atom. The Balaban J connectivity index is 1.79. The van der Waals surface area contributed by atoms with Crippen LogP contribution in [0.25, 0.3) is 10.1 Å². The van der Waals surface area contributed by atoms with Crippen LogP contribution >= 0.6 is 11.3 Å². The van der Waals surface area contributed by atoms with Crippen LogP contribution in [-0.4, -0.2) is 34.8 Å². The van der Waals surface area contributed by atoms with E-state index in [4.69, 9.17) is 4.74 Å². The van der Waals surface area contributed by atoms with Gasteiger partial charge in [0, 0.05) is 23.4 Å². The van der Waals surface area contributed by atoms with Crippen LogP contribution in [0.2, 0.25) is 0 Å². The summed E-state index contributed by atoms with van der Waals surface area (Å²) in [4.78, 5) is 14.0. The maximum Gasteiger partial charge on any atom is 0.410 e. The van der Waals surface area contributed by atoms with Gasteiger partial charge in [0.05, 0.1) is 5.60 Å². The molecule has 1 aliphatic heterocycles. The highest BCUT2D eigenvalue weighted by atomic mass is 32.1. The van der Waals surface area contributed by atoms with Gasteiger partial charge < -0.3 is 14.7 Å². The Kier molecular flexibility index (Phi) is 4.58. The van der Waals surface area contributed by atoms with Crippen LogP contribution in [-0.2, 0) is 10.3 Å². The maximum atomic E-state index is 12.3. The SMILES string of the molecule is CC(C)(C)OC(=O)N1CCCC(O)(c2cccc3ccsc23)CC1. The first-order chi connectivity index (χ1) is 11.3. The number of aliphatic hydroxyl groups is 1. The number of likely N-dealkylation sites (tertiary alicyclic amines) is 1. The Hall–Kier alpha value is -1.59. The van der Waals surface area contributed by atoms with E-state index >= 15 is 0 Å². The van der Waals surface area contributed by atoms with Crippen molar-refractivity contribution in [3.8, 4) is 0 Å². The van der Waals surface area contributed by atoms with Crippen molar-refractivity contribution in [3.63, 3.8) is 0 Å². The lowest BCUT2D eigenvalue weighted by Crippen LogP contribution is -2.38. The topological polar surface area (TPSA) is 49.8 Å². The summed E-state index contributed by atoms with van der Waals surface area (Å²) in [6, 6.07) is 8.17. The van der Waals surface area contributed by atoms with Gasteiger partial charge in [-0.15, -0.1) is 11.3 Å². The normalized spacial score (nSPS) is 22.4. The Morgan fingerprint density at radius 3 is 2.79 bits per heavy atom. The van der Waals surface area contributed by atoms with Gasteiger partial charge in [-0.25, -0.2) is 4.79 Å². The van der Waals surface area contributed by atoms with Gasteiger partial charge in [0.15, 0.2) is 0 Å². The number of rotatable bonds is 1. The molecule has 1 atom stereocenters. The van der Waals surface area contributed by atoms with Gasteiger partial charge in [0.2, 0.25) is 0 Å². The number of benzene rings is 1. The fourth-order valence-corrected chi connectivity index (χ4v) is 4.26. The fraction of sp³-hybridized carbons (Fsp3) is 0.526. The van der Waals surface area contributed by atoms with Crippen LogP contribution < -0.4 is 0 Å². The molecule has 2 heterocycles. The summed E-state index contributed by atoms with van der Waals surface area (Å²) in [6.45, 7) is 6.74. The van der Waals surface area contributed by atoms with Gasteiger partial charge in [-0.3, -0.25) is 0 Å². The first kappa shape index (κ1) is 17.2. The predicted molar refractivity (Wildman–Crippen MR) is 97.4 cm³/mol. The van der Waals surface area contributed by atoms with Crippen LogP contribution in [0, 0.1) is 0 Å². The summed E-state index contributed by atoms with van der Waals surface area (Å²) in [6.07, 6.45) is 1.66. The number of hydrogen-bond donors (Lipinski definition) is 1. The maximum absolute atomic E-state index is 12.3. The second-order valence-corrected chi connectivity index (χ2v) is 8.41. The highest BCUT2D eigenvalue weighted by molar-refractivity contribution is 7.17. The van der Waals surface area contributed by atoms with E-state index in [1.165, 1.54) is 5.39 Å². The van der Waals surface area contributed by atoms with Crippen molar-refractivity contribution in [2.45, 2.75) is 51.2 Å². The third-order valence-electron chi connectivity index (χ3n) is 4.45. The molecule has 1 aliphatic rings. The second-order valence-electron chi connectivity index (χ2n) is 7.50. The minimum atomic E-state index is -0.888. The molecule has 1 unspecified atom stereocenters. The molecule has 1 N–H and O–H groups in total. The predicted octanol–water partition coefficient (Wildman–Crippen LogP) is 4.51. The van der Waals surface area contributed by atoms with Crippen LogP contribution in [0.5, 0.6) is 0 Å². The zero-order valence-corrected chi connectivity index (χ0v) is 15.4. The van der Waals surface area contributed by atoms with Gasteiger partial charge in [-0.05, 0) is 56.9 Å². The number of nitrogens with zero attached hydrogens (tertiary/aromatic N) is 1. The Morgan fingerprint density at radius 1 is 1.25 bits per heavy atom. The number of thiophene rings is 1. The monoisotopic (exact) mass is 347 g/mol. The third kappa shape index (κ3) is 3.57. The molecular formula is C19H25NO3S. The molecule has 0 radical (unpaired) electrons. The van der Waals surface area contributed by atoms with Crippen molar-refractivity contribution in [2.75, 3.05) is 13.1 Å². The second kappa shape index (κ2) is 6.37. The first-order valence-corrected chi connectivity index (χ1v) is 9.33. The zero-order chi connectivity index (χ0) is 17.4. The zero-order valence-electron chi connectivity index (χ0n) is 14.5. The summed E-state index contributed by atoms with van der Waals surface area (Å²) in [5, 5.41) is 14.5. The van der Waals surface area contributed by atoms with Gasteiger partial charge >= 0.3 is 6.09 Å². The molecule has 1 aromatic carbocycles. The molecule has 4 nitrogen and oxygen atoms in total. The lowest BCUT2D eigenvalue weighted by molar-refractivity contribution is 0.0137. The highest BCUT2D eigenvalue weighted by Crippen LogP contribution is 2.39. The van der Waals surface area contributed by atoms with Crippen molar-refractivity contribution < 1.29 is 14.6 Å². The van der Waals surface area contributed by atoms with Crippen molar-refractivity contribution in [3.05, 3.63) is 35.2 Å². The number of hydrogen-bond acceptors (Lipinski definition) is 4. The van der Waals surface area contributed by atoms with Crippen LogP contribution in [0.1, 0.15) is 45.6 Å². The highest BCUT2D eigenvalue weighted by Gasteiger charge is 2.35. The fourth-order valence-electron chi connectivity index (χ4n) is 3.26. The lowest BCUT2D eigenvalue weighted by atomic mass is 9.86. The van der Waals surface area contributed by atoms with Gasteiger partial charge in [0.25, 0.3) is 0 Å². The molecule has 1 fully saturated rings. The van der Waals surface area contributed by atoms with E-state index in [9.17, 15) is 9.90 Å². The minimum absolute atomic E-state index is 0.291. The van der Waals surface area contributed by atoms with Crippen molar-refractivity contribution in [2.24, 2.45) is 0 Å². The van der Waals surface area contributed by atoms with E-state index in [1.54, 1.807) is 16.2 Å². The van der Waals surface area contributed by atoms with E-state index in [2.05, 4.69) is 17.5 Å². The quantitative estimate of drug-likeness (QED) is 0.826. The summed E-state index contributed by atoms with van der Waals surface area (Å²) < 4.78 is 6.62. The number of amides is 1. The number of ether oxygens (including phenoxy) is 1. The van der Waals surface area contributed by atoms with Crippen LogP contribution in [0.3, 0.4) is 0 Å². The van der Waals surface area contributed by atoms with Crippen LogP contribution in [0.15, 0.2) is 29.6 Å². The first-order valence-electron chi connectivity index (χ1n) is 8.46. The molecule has 24 heavy (non-hydrogen) atoms. The average Bonchev–Trinajstić information content (AvgIpc) is 2.88. The molecule has 1 aromatic heterocycles. The Labute approximate surface area is 147 Å². The van der Waals surface area contributed by atoms with Crippen LogP contribution in [0.4, 0.5) is 4.79 Å². The van der Waals surface area contributed by atoms with E-state index in [-0.39, 0.29) is 6.09 Å². The molecule has 0 bridgehead atoms. The molecule has 5 heteroatoms. The molecule has 0 aliphatic carbocycles. The molecular weight excluding hydrogens is 322 g/mol. The van der Waals surface area contributed by atoms with Gasteiger partial charge in [-0.1, -0.05) is 18.2 Å². The number of carbonyl (C=O) groups excluding carboxylic acids is 1. The Bertz CT molecular complexity index is 734. The number of fused-ring (bicyclic) bond motifs is 1. The van der Waals surface area contributed by atoms with Crippen molar-refractivity contribution in [1.29, 1.82) is 0 Å². The molecule has 0 saturated carbocycles. The summed E-state index contributed by atoms with van der Waals surface area (Å²) in [5.74, 6) is 0. The summed E-state index contributed by atoms with van der Waals surface area (Å²) in [5.41, 5.74) is -0.398. The average molecular weight is 347 g/mol. The summed E-state index contributed by atoms with van der Waals surface area (Å²) in [7, 11) is 0. The minimum Gasteiger partial charge on any atom is -0.444 e. The largest absolute Gasteiger partial charge is 0.444 e. The molecule has 1 saturated heterocycles.